The van der Waals surface area contributed by atoms with Crippen molar-refractivity contribution >= 4 is 29.9 Å². The van der Waals surface area contributed by atoms with E-state index in [0.717, 1.165) is 0 Å². The number of esters is 1. The Morgan fingerprint density at radius 2 is 1.50 bits per heavy atom. The number of hydrogen-bond acceptors (Lipinski definition) is 3. The van der Waals surface area contributed by atoms with E-state index in [1.165, 1.54) is 0 Å². The van der Waals surface area contributed by atoms with Gasteiger partial charge in [-0.1, -0.05) is 74.0 Å². The summed E-state index contributed by atoms with van der Waals surface area (Å²) in [7, 11) is 0. The van der Waals surface area contributed by atoms with Gasteiger partial charge in [0.15, 0.2) is 6.10 Å². The first-order chi connectivity index (χ1) is 11.0. The average molecular weight is 432 g/mol. The van der Waals surface area contributed by atoms with Gasteiger partial charge in [-0.3, -0.25) is 0 Å². The van der Waals surface area contributed by atoms with Gasteiger partial charge < -0.3 is 9.47 Å². The monoisotopic (exact) mass is 433 g/mol. The molecule has 1 saturated heterocycles. The van der Waals surface area contributed by atoms with E-state index in [-0.39, 0.29) is 31.3 Å². The molecule has 3 nitrogen and oxygen atoms in total. The number of rotatable bonds is 2. The van der Waals surface area contributed by atoms with Gasteiger partial charge in [0.2, 0.25) is 5.79 Å². The standard InChI is InChI=1S/C8H13O3.2C6H5.Sn.H2/c1-4-5-6-7(9)11-8(2,3)10-6;2*1-2-4-6-5-3-1;;/h6H,1,4-5H2,2-3H3;2*1-5H;;1H. The molecule has 1 unspecified atom stereocenters. The zero-order valence-corrected chi connectivity index (χ0v) is 17.1. The maximum absolute atomic E-state index is 11.0. The number of ether oxygens (including phenoxy) is 2. The minimum absolute atomic E-state index is 0. The maximum Gasteiger partial charge on any atom is 0.337 e. The first-order valence-electron chi connectivity index (χ1n) is 7.57. The van der Waals surface area contributed by atoms with Gasteiger partial charge in [-0.2, -0.15) is 0 Å². The number of hydrogen-bond donors (Lipinski definition) is 0. The Bertz CT molecular complexity index is 450. The van der Waals surface area contributed by atoms with Crippen molar-refractivity contribution in [2.45, 2.75) is 38.6 Å². The molecular weight excluding hydrogens is 407 g/mol. The van der Waals surface area contributed by atoms with E-state index < -0.39 is 11.9 Å². The molecule has 127 valence electrons. The first-order valence-corrected chi connectivity index (χ1v) is 7.57. The van der Waals surface area contributed by atoms with Crippen molar-refractivity contribution in [1.29, 1.82) is 0 Å². The molecule has 2 aromatic carbocycles. The number of cyclic esters (lactones) is 1. The Kier molecular flexibility index (Phi) is 12.3. The third-order valence-corrected chi connectivity index (χ3v) is 2.72. The zero-order chi connectivity index (χ0) is 17.0. The average Bonchev–Trinajstić information content (AvgIpc) is 2.84. The minimum atomic E-state index is -0.739. The van der Waals surface area contributed by atoms with Crippen LogP contribution >= 0.6 is 0 Å². The Balaban J connectivity index is 0. The van der Waals surface area contributed by atoms with Crippen LogP contribution in [-0.2, 0) is 14.3 Å². The fourth-order valence-electron chi connectivity index (χ4n) is 1.77. The van der Waals surface area contributed by atoms with Crippen LogP contribution in [-0.4, -0.2) is 41.8 Å². The molecule has 0 spiro atoms. The van der Waals surface area contributed by atoms with Crippen LogP contribution in [0.15, 0.2) is 60.7 Å². The Morgan fingerprint density at radius 3 is 1.71 bits per heavy atom. The molecule has 1 atom stereocenters. The van der Waals surface area contributed by atoms with Crippen LogP contribution in [0.2, 0.25) is 0 Å². The zero-order valence-electron chi connectivity index (χ0n) is 14.2. The topological polar surface area (TPSA) is 35.5 Å². The largest absolute Gasteiger partial charge is 0.432 e. The van der Waals surface area contributed by atoms with Crippen molar-refractivity contribution in [1.82, 2.24) is 0 Å². The van der Waals surface area contributed by atoms with E-state index in [9.17, 15) is 4.79 Å². The van der Waals surface area contributed by atoms with Gasteiger partial charge in [0.1, 0.15) is 0 Å². The SMILES string of the molecule is [CH2]CCC1OC(C)(C)OC1=O.[HH].[Sn].[c]1ccccc1.[c]1ccccc1. The van der Waals surface area contributed by atoms with Gasteiger partial charge in [0.25, 0.3) is 0 Å². The number of benzene rings is 2. The molecule has 3 rings (SSSR count). The fraction of sp³-hybridized carbons (Fsp3) is 0.300. The Morgan fingerprint density at radius 1 is 1.04 bits per heavy atom. The van der Waals surface area contributed by atoms with Crippen LogP contribution in [0.5, 0.6) is 0 Å². The maximum atomic E-state index is 11.0. The second kappa shape index (κ2) is 13.0. The van der Waals surface area contributed by atoms with E-state index in [1.807, 2.05) is 60.7 Å². The van der Waals surface area contributed by atoms with E-state index >= 15 is 0 Å². The Labute approximate surface area is 163 Å². The predicted octanol–water partition coefficient (Wildman–Crippen LogP) is 4.12. The smallest absolute Gasteiger partial charge is 0.337 e. The normalized spacial score (nSPS) is 17.1. The predicted molar refractivity (Wildman–Crippen MR) is 98.1 cm³/mol. The summed E-state index contributed by atoms with van der Waals surface area (Å²) in [5, 5.41) is 0. The van der Waals surface area contributed by atoms with Crippen LogP contribution in [0.3, 0.4) is 0 Å². The summed E-state index contributed by atoms with van der Waals surface area (Å²) in [6.45, 7) is 7.10. The van der Waals surface area contributed by atoms with Gasteiger partial charge in [0.05, 0.1) is 0 Å². The molecule has 24 heavy (non-hydrogen) atoms. The van der Waals surface area contributed by atoms with Crippen molar-refractivity contribution < 1.29 is 15.7 Å². The first kappa shape index (κ1) is 22.7. The molecule has 2 aromatic rings. The summed E-state index contributed by atoms with van der Waals surface area (Å²) in [6.07, 6.45) is 0.931. The van der Waals surface area contributed by atoms with Gasteiger partial charge in [-0.05, 0) is 18.6 Å². The fourth-order valence-corrected chi connectivity index (χ4v) is 1.77. The van der Waals surface area contributed by atoms with Crippen LogP contribution < -0.4 is 0 Å². The summed E-state index contributed by atoms with van der Waals surface area (Å²) in [5.41, 5.74) is 0. The van der Waals surface area contributed by atoms with Crippen LogP contribution in [0.4, 0.5) is 0 Å². The summed E-state index contributed by atoms with van der Waals surface area (Å²) < 4.78 is 10.2. The minimum Gasteiger partial charge on any atom is -0.432 e. The van der Waals surface area contributed by atoms with Crippen LogP contribution in [0, 0.1) is 19.1 Å². The molecule has 1 fully saturated rings. The molecular formula is C20H25O3Sn. The molecule has 0 saturated carbocycles. The quantitative estimate of drug-likeness (QED) is 0.530. The third-order valence-electron chi connectivity index (χ3n) is 2.72. The number of carbonyl (C=O) groups is 1. The van der Waals surface area contributed by atoms with Gasteiger partial charge in [-0.15, -0.1) is 0 Å². The van der Waals surface area contributed by atoms with Crippen LogP contribution in [0.25, 0.3) is 0 Å². The van der Waals surface area contributed by atoms with Gasteiger partial charge in [0, 0.05) is 39.2 Å². The molecule has 0 aromatic heterocycles. The molecule has 7 radical (unpaired) electrons. The van der Waals surface area contributed by atoms with Crippen molar-refractivity contribution in [3.05, 3.63) is 79.7 Å². The molecule has 1 aliphatic heterocycles. The molecule has 0 N–H and O–H groups in total. The van der Waals surface area contributed by atoms with Gasteiger partial charge >= 0.3 is 5.97 Å². The second-order valence-corrected chi connectivity index (χ2v) is 5.22. The van der Waals surface area contributed by atoms with Crippen molar-refractivity contribution in [3.63, 3.8) is 0 Å². The molecule has 0 aliphatic carbocycles. The summed E-state index contributed by atoms with van der Waals surface area (Å²) >= 11 is 0. The van der Waals surface area contributed by atoms with Crippen molar-refractivity contribution in [3.8, 4) is 0 Å². The van der Waals surface area contributed by atoms with E-state index in [4.69, 9.17) is 9.47 Å². The summed E-state index contributed by atoms with van der Waals surface area (Å²) in [4.78, 5) is 11.0. The molecule has 1 aliphatic rings. The summed E-state index contributed by atoms with van der Waals surface area (Å²) in [6, 6.07) is 25.0. The summed E-state index contributed by atoms with van der Waals surface area (Å²) in [5.74, 6) is -1.00. The second-order valence-electron chi connectivity index (χ2n) is 5.22. The number of carbonyl (C=O) groups excluding carboxylic acids is 1. The van der Waals surface area contributed by atoms with Crippen LogP contribution in [0.1, 0.15) is 28.1 Å². The molecule has 1 heterocycles. The molecule has 0 bridgehead atoms. The molecule has 4 heteroatoms. The van der Waals surface area contributed by atoms with E-state index in [1.54, 1.807) is 13.8 Å². The van der Waals surface area contributed by atoms with Crippen molar-refractivity contribution in [2.24, 2.45) is 0 Å². The third kappa shape index (κ3) is 10.4. The van der Waals surface area contributed by atoms with Crippen molar-refractivity contribution in [2.75, 3.05) is 0 Å². The van der Waals surface area contributed by atoms with E-state index in [0.29, 0.717) is 12.8 Å². The van der Waals surface area contributed by atoms with E-state index in [2.05, 4.69) is 19.1 Å². The molecule has 0 amide bonds. The van der Waals surface area contributed by atoms with Gasteiger partial charge in [-0.25, -0.2) is 4.79 Å². The Hall–Kier alpha value is -1.33.